The largest absolute Gasteiger partial charge is 0.509 e. The number of aliphatic hydroxyl groups is 1. The van der Waals surface area contributed by atoms with Gasteiger partial charge in [-0.2, -0.15) is 0 Å². The summed E-state index contributed by atoms with van der Waals surface area (Å²) in [4.78, 5) is 38.1. The first-order valence-corrected chi connectivity index (χ1v) is 32.0. The third-order valence-electron chi connectivity index (χ3n) is 27.6. The van der Waals surface area contributed by atoms with Crippen molar-refractivity contribution in [1.29, 1.82) is 0 Å². The summed E-state index contributed by atoms with van der Waals surface area (Å²) in [6, 6.07) is 7.22. The van der Waals surface area contributed by atoms with E-state index in [2.05, 4.69) is 47.1 Å². The molecule has 1 aromatic rings. The van der Waals surface area contributed by atoms with E-state index in [1.165, 1.54) is 140 Å². The van der Waals surface area contributed by atoms with E-state index in [0.717, 1.165) is 56.4 Å². The summed E-state index contributed by atoms with van der Waals surface area (Å²) < 4.78 is 14.8. The Labute approximate surface area is 447 Å². The van der Waals surface area contributed by atoms with E-state index in [1.807, 2.05) is 0 Å². The van der Waals surface area contributed by atoms with Gasteiger partial charge in [0.15, 0.2) is 11.4 Å². The summed E-state index contributed by atoms with van der Waals surface area (Å²) >= 11 is 0. The first kappa shape index (κ1) is 46.5. The van der Waals surface area contributed by atoms with Crippen molar-refractivity contribution in [2.75, 3.05) is 26.2 Å². The van der Waals surface area contributed by atoms with E-state index >= 15 is 9.59 Å². The molecule has 3 N–H and O–H groups in total. The number of allylic oxidation sites excluding steroid dienone is 4. The van der Waals surface area contributed by atoms with Crippen molar-refractivity contribution in [3.8, 4) is 0 Å². The van der Waals surface area contributed by atoms with Crippen LogP contribution in [0.15, 0.2) is 64.3 Å². The first-order valence-electron chi connectivity index (χ1n) is 32.0. The number of aryl methyl sites for hydroxylation is 1. The van der Waals surface area contributed by atoms with Gasteiger partial charge in [0.2, 0.25) is 0 Å². The second-order valence-electron chi connectivity index (χ2n) is 29.6. The van der Waals surface area contributed by atoms with Crippen LogP contribution in [0.5, 0.6) is 0 Å². The minimum absolute atomic E-state index is 0.110. The molecule has 12 bridgehead atoms. The number of ether oxygens (including phenoxy) is 2. The van der Waals surface area contributed by atoms with E-state index in [9.17, 15) is 5.11 Å². The van der Waals surface area contributed by atoms with Crippen molar-refractivity contribution in [3.63, 3.8) is 0 Å². The zero-order valence-corrected chi connectivity index (χ0v) is 45.5. The third kappa shape index (κ3) is 5.47. The molecule has 8 heteroatoms. The van der Waals surface area contributed by atoms with Crippen LogP contribution in [-0.2, 0) is 26.3 Å². The maximum absolute atomic E-state index is 16.7. The number of carbonyl (C=O) groups is 2. The molecule has 0 amide bonds. The van der Waals surface area contributed by atoms with Gasteiger partial charge in [-0.1, -0.05) is 93.4 Å². The van der Waals surface area contributed by atoms with E-state index < -0.39 is 16.4 Å². The maximum atomic E-state index is 16.7. The second-order valence-corrected chi connectivity index (χ2v) is 29.6. The first-order chi connectivity index (χ1) is 36.6. The molecule has 3 saturated heterocycles. The van der Waals surface area contributed by atoms with Gasteiger partial charge in [-0.25, -0.2) is 4.79 Å². The second kappa shape index (κ2) is 15.9. The zero-order valence-electron chi connectivity index (χ0n) is 45.5. The van der Waals surface area contributed by atoms with Gasteiger partial charge in [-0.05, 0) is 210 Å². The van der Waals surface area contributed by atoms with Gasteiger partial charge < -0.3 is 25.2 Å². The number of fused-ring (bicyclic) bond motifs is 5. The number of piperidine rings is 2. The molecule has 75 heavy (non-hydrogen) atoms. The van der Waals surface area contributed by atoms with Crippen LogP contribution in [0.1, 0.15) is 202 Å². The fraction of sp³-hybridized carbons (Fsp3) is 0.761. The van der Waals surface area contributed by atoms with Crippen LogP contribution in [0.4, 0.5) is 0 Å². The van der Waals surface area contributed by atoms with E-state index in [1.54, 1.807) is 16.8 Å². The van der Waals surface area contributed by atoms with Crippen LogP contribution < -0.4 is 5.73 Å². The van der Waals surface area contributed by atoms with Crippen LogP contribution >= 0.6 is 0 Å². The fourth-order valence-corrected chi connectivity index (χ4v) is 25.6. The molecule has 10 aliphatic carbocycles. The molecule has 16 atom stereocenters. The fourth-order valence-electron chi connectivity index (χ4n) is 25.6. The number of aliphatic hydroxyl groups excluding tert-OH is 1. The van der Waals surface area contributed by atoms with E-state index in [4.69, 9.17) is 15.2 Å². The average Bonchev–Trinajstić information content (AvgIpc) is 3.28. The molecule has 9 fully saturated rings. The minimum Gasteiger partial charge on any atom is -0.509 e. The highest BCUT2D eigenvalue weighted by Gasteiger charge is 2.94. The van der Waals surface area contributed by atoms with Crippen molar-refractivity contribution in [2.45, 2.75) is 204 Å². The smallest absolute Gasteiger partial charge is 0.339 e. The van der Waals surface area contributed by atoms with Crippen molar-refractivity contribution < 1.29 is 24.2 Å². The Morgan fingerprint density at radius 3 is 2.43 bits per heavy atom. The van der Waals surface area contributed by atoms with Gasteiger partial charge in [0, 0.05) is 61.2 Å². The van der Waals surface area contributed by atoms with Crippen molar-refractivity contribution >= 4 is 11.9 Å². The molecule has 400 valence electrons. The molecule has 9 aliphatic heterocycles. The van der Waals surface area contributed by atoms with Crippen LogP contribution in [0, 0.1) is 86.3 Å². The highest BCUT2D eigenvalue weighted by molar-refractivity contribution is 6.00. The number of rotatable bonds is 5. The molecule has 19 aliphatic rings. The number of nitrogens with zero attached hydrogens (tertiary/aromatic N) is 2. The van der Waals surface area contributed by atoms with E-state index in [-0.39, 0.29) is 35.7 Å². The lowest BCUT2D eigenvalue weighted by Gasteiger charge is -2.73. The van der Waals surface area contributed by atoms with Crippen LogP contribution in [-0.4, -0.2) is 65.1 Å². The molecule has 0 radical (unpaired) electrons. The molecule has 6 spiro atoms. The molecule has 6 saturated carbocycles. The molecule has 8 nitrogen and oxygen atoms in total. The van der Waals surface area contributed by atoms with Crippen molar-refractivity contribution in [3.05, 3.63) is 81.0 Å². The molecular formula is C67H87N3O5. The Balaban J connectivity index is 0.919. The maximum Gasteiger partial charge on any atom is 0.339 e. The van der Waals surface area contributed by atoms with Crippen LogP contribution in [0.3, 0.4) is 0 Å². The summed E-state index contributed by atoms with van der Waals surface area (Å²) in [7, 11) is 0. The number of benzene rings is 1. The number of nitrogens with two attached hydrogens (primary N) is 1. The van der Waals surface area contributed by atoms with Crippen LogP contribution in [0.25, 0.3) is 0 Å². The average molecular weight is 1010 g/mol. The number of hydrogen-bond donors (Lipinski definition) is 2. The molecular weight excluding hydrogens is 927 g/mol. The van der Waals surface area contributed by atoms with Crippen molar-refractivity contribution in [1.82, 2.24) is 9.80 Å². The predicted molar refractivity (Wildman–Crippen MR) is 288 cm³/mol. The quantitative estimate of drug-likeness (QED) is 0.222. The monoisotopic (exact) mass is 1010 g/mol. The Morgan fingerprint density at radius 2 is 1.60 bits per heavy atom. The highest BCUT2D eigenvalue weighted by Crippen LogP contribution is 2.89. The molecule has 20 rings (SSSR count). The number of esters is 2. The molecule has 1 unspecified atom stereocenters. The van der Waals surface area contributed by atoms with Gasteiger partial charge in [0.1, 0.15) is 11.2 Å². The summed E-state index contributed by atoms with van der Waals surface area (Å²) in [6.07, 6.45) is 38.6. The Morgan fingerprint density at radius 1 is 0.787 bits per heavy atom. The zero-order chi connectivity index (χ0) is 50.0. The summed E-state index contributed by atoms with van der Waals surface area (Å²) in [5.41, 5.74) is 13.3. The SMILES string of the molecule is C[C@H]1CC2=C3[C@H]4C5=C6[C@H](/C=C\[C@@H](C7CCCC7)C[C@H]7[C@]68C(=O)O/C(=C(/O)C[C@@H]([C@@H]6CC9(CCCC9)[C@]9(CCCC9%10CCCC%10)C6)N6C[C@@H]9C[C@H](C6)[C@H](CC2)N3C9)[C@@]8(CC5)[C@]72OC(=O)c3c(CCCN)cccc32)C[C@@H]41. The Hall–Kier alpha value is -3.36. The summed E-state index contributed by atoms with van der Waals surface area (Å²) in [5, 5.41) is 14.1. The third-order valence-corrected chi connectivity index (χ3v) is 27.6. The lowest BCUT2D eigenvalue weighted by molar-refractivity contribution is -0.282. The topological polar surface area (TPSA) is 105 Å². The van der Waals surface area contributed by atoms with E-state index in [0.29, 0.717) is 107 Å². The minimum atomic E-state index is -1.13. The standard InChI is InChI=1S/C67H87N3O5/c1-39-29-45-18-19-51-46-30-40-36-69(38-46)52(47-34-63(23-6-7-24-63)64(35-47)26-10-25-62(64)21-4-5-22-62)33-53(71)59-65-27-20-48-56(58(45)70(51)37-40)49(39)31-44-17-16-43(41-11-2-3-12-41)32-54(66(65,57(44)48)61(73)74-59)67(65)50-15-8-13-42(14-9-28-68)55(50)60(72)75-67/h8,13,15-17,39-41,43-44,46-47,49,51-52,54,56,71H,2-7,9-12,14,18-38,68H2,1H3/b17-16-,59-53+/t39-,40-,43+,44+,46+,47+,49+,51-,52-,54-,56-,64+,65+,66+,67+/m0/s1. The van der Waals surface area contributed by atoms with Gasteiger partial charge in [-0.3, -0.25) is 9.69 Å². The van der Waals surface area contributed by atoms with Crippen LogP contribution in [0.2, 0.25) is 0 Å². The van der Waals surface area contributed by atoms with Gasteiger partial charge in [-0.15, -0.1) is 0 Å². The highest BCUT2D eigenvalue weighted by atomic mass is 16.6. The number of carbonyl (C=O) groups excluding carboxylic acids is 2. The summed E-state index contributed by atoms with van der Waals surface area (Å²) in [6.45, 7) is 6.50. The normalized spacial score (nSPS) is 48.3. The van der Waals surface area contributed by atoms with Gasteiger partial charge in [0.05, 0.1) is 11.0 Å². The molecule has 0 aromatic heterocycles. The van der Waals surface area contributed by atoms with Gasteiger partial charge in [0.25, 0.3) is 0 Å². The van der Waals surface area contributed by atoms with Crippen molar-refractivity contribution in [2.24, 2.45) is 92.0 Å². The summed E-state index contributed by atoms with van der Waals surface area (Å²) in [5.74, 6) is 4.19. The number of hydrogen-bond acceptors (Lipinski definition) is 8. The van der Waals surface area contributed by atoms with Gasteiger partial charge >= 0.3 is 11.9 Å². The lowest BCUT2D eigenvalue weighted by Crippen LogP contribution is -2.78. The Kier molecular flexibility index (Phi) is 9.89. The Bertz CT molecular complexity index is 2780. The molecule has 9 heterocycles. The predicted octanol–water partition coefficient (Wildman–Crippen LogP) is 13.2. The molecule has 1 aromatic carbocycles. The lowest BCUT2D eigenvalue weighted by atomic mass is 9.27.